The van der Waals surface area contributed by atoms with E-state index in [0.29, 0.717) is 11.0 Å². The summed E-state index contributed by atoms with van der Waals surface area (Å²) < 4.78 is 25.5. The number of halogens is 3. The van der Waals surface area contributed by atoms with Gasteiger partial charge in [-0.25, -0.2) is 13.8 Å². The van der Waals surface area contributed by atoms with Crippen LogP contribution in [0.5, 0.6) is 0 Å². The number of aryl methyl sites for hydroxylation is 1. The van der Waals surface area contributed by atoms with Crippen LogP contribution in [0.3, 0.4) is 0 Å². The number of aromatic amines is 1. The van der Waals surface area contributed by atoms with Crippen LogP contribution in [0, 0.1) is 6.92 Å². The number of nitrogens with one attached hydrogen (secondary N) is 1. The summed E-state index contributed by atoms with van der Waals surface area (Å²) in [5.74, 6) is -0.277. The molecule has 14 heavy (non-hydrogen) atoms. The number of hydrogen-bond acceptors (Lipinski definition) is 1. The Balaban J connectivity index is 2.70. The number of hydrogen-bond donors (Lipinski definition) is 1. The van der Waals surface area contributed by atoms with Crippen LogP contribution in [-0.4, -0.2) is 9.97 Å². The van der Waals surface area contributed by atoms with Gasteiger partial charge in [-0.2, -0.15) is 0 Å². The molecule has 1 aromatic carbocycles. The maximum absolute atomic E-state index is 12.3. The van der Waals surface area contributed by atoms with Crippen molar-refractivity contribution in [3.05, 3.63) is 28.0 Å². The lowest BCUT2D eigenvalue weighted by Gasteiger charge is -1.94. The molecule has 0 saturated heterocycles. The maximum Gasteiger partial charge on any atom is 0.295 e. The Hall–Kier alpha value is -0.970. The zero-order valence-electron chi connectivity index (χ0n) is 7.31. The minimum absolute atomic E-state index is 0.277. The fraction of sp³-hybridized carbons (Fsp3) is 0.222. The number of aromatic nitrogens is 2. The van der Waals surface area contributed by atoms with Crippen LogP contribution in [-0.2, 0) is 0 Å². The highest BCUT2D eigenvalue weighted by Gasteiger charge is 2.13. The highest BCUT2D eigenvalue weighted by Crippen LogP contribution is 2.25. The third kappa shape index (κ3) is 1.52. The minimum Gasteiger partial charge on any atom is -0.337 e. The SMILES string of the molecule is Cc1cc(Br)cc2[nH]c(C(F)F)nc12. The van der Waals surface area contributed by atoms with E-state index in [9.17, 15) is 8.78 Å². The van der Waals surface area contributed by atoms with Gasteiger partial charge >= 0.3 is 0 Å². The lowest BCUT2D eigenvalue weighted by molar-refractivity contribution is 0.142. The van der Waals surface area contributed by atoms with Crippen molar-refractivity contribution in [1.82, 2.24) is 9.97 Å². The van der Waals surface area contributed by atoms with Crippen LogP contribution in [0.4, 0.5) is 8.78 Å². The Labute approximate surface area is 87.5 Å². The molecule has 0 saturated carbocycles. The van der Waals surface area contributed by atoms with E-state index in [0.717, 1.165) is 10.0 Å². The van der Waals surface area contributed by atoms with E-state index < -0.39 is 6.43 Å². The summed E-state index contributed by atoms with van der Waals surface area (Å²) in [6, 6.07) is 3.58. The molecule has 5 heteroatoms. The van der Waals surface area contributed by atoms with Gasteiger partial charge in [-0.15, -0.1) is 0 Å². The third-order valence-corrected chi connectivity index (χ3v) is 2.42. The molecule has 2 rings (SSSR count). The second kappa shape index (κ2) is 3.31. The monoisotopic (exact) mass is 260 g/mol. The Morgan fingerprint density at radius 2 is 2.14 bits per heavy atom. The zero-order chi connectivity index (χ0) is 10.3. The number of imidazole rings is 1. The van der Waals surface area contributed by atoms with E-state index in [-0.39, 0.29) is 5.82 Å². The molecule has 0 unspecified atom stereocenters. The van der Waals surface area contributed by atoms with Crippen LogP contribution in [0.25, 0.3) is 11.0 Å². The molecule has 1 aromatic heterocycles. The van der Waals surface area contributed by atoms with Crippen molar-refractivity contribution >= 4 is 27.0 Å². The fourth-order valence-corrected chi connectivity index (χ4v) is 1.94. The minimum atomic E-state index is -2.56. The highest BCUT2D eigenvalue weighted by molar-refractivity contribution is 9.10. The smallest absolute Gasteiger partial charge is 0.295 e. The molecule has 0 radical (unpaired) electrons. The number of nitrogens with zero attached hydrogens (tertiary/aromatic N) is 1. The first-order valence-electron chi connectivity index (χ1n) is 4.02. The zero-order valence-corrected chi connectivity index (χ0v) is 8.90. The second-order valence-corrected chi connectivity index (χ2v) is 3.96. The summed E-state index contributed by atoms with van der Waals surface area (Å²) >= 11 is 3.29. The molecule has 0 aliphatic rings. The van der Waals surface area contributed by atoms with Crippen LogP contribution in [0.15, 0.2) is 16.6 Å². The van der Waals surface area contributed by atoms with E-state index in [4.69, 9.17) is 0 Å². The van der Waals surface area contributed by atoms with Crippen molar-refractivity contribution in [2.75, 3.05) is 0 Å². The number of H-pyrrole nitrogens is 1. The van der Waals surface area contributed by atoms with Gasteiger partial charge in [0, 0.05) is 4.47 Å². The first-order valence-corrected chi connectivity index (χ1v) is 4.81. The summed E-state index contributed by atoms with van der Waals surface area (Å²) in [7, 11) is 0. The molecule has 1 heterocycles. The van der Waals surface area contributed by atoms with Gasteiger partial charge in [-0.3, -0.25) is 0 Å². The normalized spacial score (nSPS) is 11.5. The van der Waals surface area contributed by atoms with Crippen molar-refractivity contribution < 1.29 is 8.78 Å². The van der Waals surface area contributed by atoms with Gasteiger partial charge in [0.1, 0.15) is 0 Å². The molecule has 0 aliphatic heterocycles. The van der Waals surface area contributed by atoms with E-state index in [1.807, 2.05) is 13.0 Å². The number of benzene rings is 1. The lowest BCUT2D eigenvalue weighted by Crippen LogP contribution is -1.85. The predicted molar refractivity (Wildman–Crippen MR) is 53.5 cm³/mol. The molecule has 0 aliphatic carbocycles. The van der Waals surface area contributed by atoms with Crippen molar-refractivity contribution in [3.8, 4) is 0 Å². The van der Waals surface area contributed by atoms with Gasteiger partial charge in [0.25, 0.3) is 6.43 Å². The average Bonchev–Trinajstić information content (AvgIpc) is 2.47. The summed E-state index contributed by atoms with van der Waals surface area (Å²) in [4.78, 5) is 6.41. The van der Waals surface area contributed by atoms with Crippen LogP contribution in [0.1, 0.15) is 17.8 Å². The average molecular weight is 261 g/mol. The molecule has 0 spiro atoms. The summed E-state index contributed by atoms with van der Waals surface area (Å²) in [6.45, 7) is 1.84. The van der Waals surface area contributed by atoms with Crippen molar-refractivity contribution in [2.45, 2.75) is 13.3 Å². The molecular formula is C9H7BrF2N2. The Morgan fingerprint density at radius 1 is 1.43 bits per heavy atom. The molecule has 0 amide bonds. The third-order valence-electron chi connectivity index (χ3n) is 1.97. The van der Waals surface area contributed by atoms with Gasteiger partial charge in [-0.1, -0.05) is 15.9 Å². The molecule has 1 N–H and O–H groups in total. The number of fused-ring (bicyclic) bond motifs is 1. The van der Waals surface area contributed by atoms with Crippen LogP contribution < -0.4 is 0 Å². The van der Waals surface area contributed by atoms with E-state index in [1.165, 1.54) is 0 Å². The molecular weight excluding hydrogens is 254 g/mol. The van der Waals surface area contributed by atoms with Gasteiger partial charge in [0.2, 0.25) is 0 Å². The van der Waals surface area contributed by atoms with E-state index in [1.54, 1.807) is 6.07 Å². The lowest BCUT2D eigenvalue weighted by atomic mass is 10.2. The maximum atomic E-state index is 12.3. The molecule has 2 nitrogen and oxygen atoms in total. The Morgan fingerprint density at radius 3 is 2.79 bits per heavy atom. The standard InChI is InChI=1S/C9H7BrF2N2/c1-4-2-5(10)3-6-7(4)14-9(13-6)8(11)12/h2-3,8H,1H3,(H,13,14). The number of alkyl halides is 2. The predicted octanol–water partition coefficient (Wildman–Crippen LogP) is 3.57. The Kier molecular flexibility index (Phi) is 2.26. The fourth-order valence-electron chi connectivity index (χ4n) is 1.37. The first-order chi connectivity index (χ1) is 6.58. The summed E-state index contributed by atoms with van der Waals surface area (Å²) in [5.41, 5.74) is 2.10. The quantitative estimate of drug-likeness (QED) is 0.835. The second-order valence-electron chi connectivity index (χ2n) is 3.04. The largest absolute Gasteiger partial charge is 0.337 e. The van der Waals surface area contributed by atoms with Crippen molar-refractivity contribution in [1.29, 1.82) is 0 Å². The molecule has 2 aromatic rings. The number of rotatable bonds is 1. The molecule has 74 valence electrons. The first kappa shape index (κ1) is 9.58. The van der Waals surface area contributed by atoms with E-state index in [2.05, 4.69) is 25.9 Å². The van der Waals surface area contributed by atoms with Crippen molar-refractivity contribution in [3.63, 3.8) is 0 Å². The molecule has 0 atom stereocenters. The summed E-state index contributed by atoms with van der Waals surface area (Å²) in [6.07, 6.45) is -2.56. The Bertz CT molecular complexity index is 479. The molecule has 0 bridgehead atoms. The van der Waals surface area contributed by atoms with Crippen LogP contribution in [0.2, 0.25) is 0 Å². The van der Waals surface area contributed by atoms with Crippen molar-refractivity contribution in [2.24, 2.45) is 0 Å². The van der Waals surface area contributed by atoms with Crippen LogP contribution >= 0.6 is 15.9 Å². The summed E-state index contributed by atoms with van der Waals surface area (Å²) in [5, 5.41) is 0. The topological polar surface area (TPSA) is 28.7 Å². The molecule has 0 fully saturated rings. The van der Waals surface area contributed by atoms with Gasteiger partial charge in [0.05, 0.1) is 11.0 Å². The van der Waals surface area contributed by atoms with Gasteiger partial charge < -0.3 is 4.98 Å². The van der Waals surface area contributed by atoms with E-state index >= 15 is 0 Å². The van der Waals surface area contributed by atoms with Gasteiger partial charge in [0.15, 0.2) is 5.82 Å². The highest BCUT2D eigenvalue weighted by atomic mass is 79.9. The van der Waals surface area contributed by atoms with Gasteiger partial charge in [-0.05, 0) is 24.6 Å².